The first-order chi connectivity index (χ1) is 7.06. The van der Waals surface area contributed by atoms with Gasteiger partial charge in [-0.1, -0.05) is 47.4 Å². The Bertz CT molecular complexity index is 325. The summed E-state index contributed by atoms with van der Waals surface area (Å²) in [5, 5.41) is 1.63. The first-order valence-electron chi connectivity index (χ1n) is 5.10. The Kier molecular flexibility index (Phi) is 4.94. The van der Waals surface area contributed by atoms with E-state index in [0.29, 0.717) is 5.92 Å². The van der Waals surface area contributed by atoms with Gasteiger partial charge in [-0.2, -0.15) is 0 Å². The van der Waals surface area contributed by atoms with E-state index < -0.39 is 0 Å². The van der Waals surface area contributed by atoms with Crippen molar-refractivity contribution < 1.29 is 0 Å². The Morgan fingerprint density at radius 3 is 2.60 bits per heavy atom. The van der Waals surface area contributed by atoms with E-state index in [1.807, 2.05) is 12.1 Å². The van der Waals surface area contributed by atoms with Gasteiger partial charge in [0.2, 0.25) is 0 Å². The minimum atomic E-state index is 0.650. The summed E-state index contributed by atoms with van der Waals surface area (Å²) in [6.07, 6.45) is 0. The zero-order valence-electron chi connectivity index (χ0n) is 9.43. The van der Waals surface area contributed by atoms with Crippen molar-refractivity contribution in [3.05, 3.63) is 28.8 Å². The first kappa shape index (κ1) is 12.9. The van der Waals surface area contributed by atoms with Crippen LogP contribution in [0.4, 0.5) is 5.69 Å². The molecule has 0 aliphatic heterocycles. The normalized spacial score (nSPS) is 10.8. The van der Waals surface area contributed by atoms with Gasteiger partial charge in [-0.05, 0) is 18.1 Å². The molecule has 0 saturated heterocycles. The largest absolute Gasteiger partial charge is 0.374 e. The van der Waals surface area contributed by atoms with Crippen LogP contribution < -0.4 is 4.90 Å². The summed E-state index contributed by atoms with van der Waals surface area (Å²) in [4.78, 5) is 2.26. The molecule has 1 nitrogen and oxygen atoms in total. The number of hydrogen-bond donors (Lipinski definition) is 0. The highest BCUT2D eigenvalue weighted by atomic mass is 79.9. The fourth-order valence-corrected chi connectivity index (χ4v) is 2.67. The molecule has 0 unspecified atom stereocenters. The fraction of sp³-hybridized carbons (Fsp3) is 0.500. The van der Waals surface area contributed by atoms with Gasteiger partial charge < -0.3 is 4.90 Å². The topological polar surface area (TPSA) is 3.24 Å². The molecule has 1 aromatic rings. The summed E-state index contributed by atoms with van der Waals surface area (Å²) in [5.41, 5.74) is 2.38. The lowest BCUT2D eigenvalue weighted by Gasteiger charge is -2.24. The zero-order valence-corrected chi connectivity index (χ0v) is 11.8. The van der Waals surface area contributed by atoms with Crippen LogP contribution in [-0.4, -0.2) is 13.6 Å². The molecule has 1 aromatic carbocycles. The number of alkyl halides is 1. The van der Waals surface area contributed by atoms with Gasteiger partial charge >= 0.3 is 0 Å². The molecule has 0 atom stereocenters. The minimum Gasteiger partial charge on any atom is -0.374 e. The summed E-state index contributed by atoms with van der Waals surface area (Å²) >= 11 is 9.64. The number of hydrogen-bond acceptors (Lipinski definition) is 1. The molecule has 0 spiro atoms. The maximum absolute atomic E-state index is 6.15. The van der Waals surface area contributed by atoms with Crippen molar-refractivity contribution in [2.75, 3.05) is 18.5 Å². The Morgan fingerprint density at radius 2 is 2.07 bits per heavy atom. The highest BCUT2D eigenvalue weighted by molar-refractivity contribution is 9.08. The van der Waals surface area contributed by atoms with Crippen molar-refractivity contribution >= 4 is 33.2 Å². The van der Waals surface area contributed by atoms with Gasteiger partial charge in [-0.15, -0.1) is 0 Å². The predicted molar refractivity (Wildman–Crippen MR) is 72.2 cm³/mol. The number of halogens is 2. The number of anilines is 1. The molecule has 0 fully saturated rings. The van der Waals surface area contributed by atoms with E-state index in [9.17, 15) is 0 Å². The van der Waals surface area contributed by atoms with Crippen molar-refractivity contribution in [1.29, 1.82) is 0 Å². The minimum absolute atomic E-state index is 0.650. The maximum atomic E-state index is 6.15. The van der Waals surface area contributed by atoms with Gasteiger partial charge in [0.15, 0.2) is 0 Å². The molecule has 0 bridgehead atoms. The average molecular weight is 291 g/mol. The van der Waals surface area contributed by atoms with E-state index in [4.69, 9.17) is 11.6 Å². The maximum Gasteiger partial charge on any atom is 0.0467 e. The van der Waals surface area contributed by atoms with Gasteiger partial charge in [0, 0.05) is 35.2 Å². The summed E-state index contributed by atoms with van der Waals surface area (Å²) < 4.78 is 0. The molecular formula is C12H17BrClN. The van der Waals surface area contributed by atoms with E-state index in [0.717, 1.165) is 16.9 Å². The average Bonchev–Trinajstić information content (AvgIpc) is 2.16. The summed E-state index contributed by atoms with van der Waals surface area (Å²) in [6, 6.07) is 6.05. The van der Waals surface area contributed by atoms with Crippen LogP contribution in [0.1, 0.15) is 19.4 Å². The van der Waals surface area contributed by atoms with Crippen molar-refractivity contribution in [3.63, 3.8) is 0 Å². The molecule has 0 aliphatic carbocycles. The molecule has 0 N–H and O–H groups in total. The van der Waals surface area contributed by atoms with Crippen molar-refractivity contribution in [2.24, 2.45) is 5.92 Å². The number of benzene rings is 1. The van der Waals surface area contributed by atoms with Gasteiger partial charge in [0.1, 0.15) is 0 Å². The summed E-state index contributed by atoms with van der Waals surface area (Å²) in [7, 11) is 2.11. The zero-order chi connectivity index (χ0) is 11.4. The van der Waals surface area contributed by atoms with Crippen molar-refractivity contribution in [1.82, 2.24) is 0 Å². The molecule has 0 radical (unpaired) electrons. The molecule has 1 rings (SSSR count). The third kappa shape index (κ3) is 3.39. The highest BCUT2D eigenvalue weighted by Crippen LogP contribution is 2.29. The Morgan fingerprint density at radius 1 is 1.40 bits per heavy atom. The molecule has 15 heavy (non-hydrogen) atoms. The Labute approximate surface area is 106 Å². The van der Waals surface area contributed by atoms with Crippen LogP contribution in [0, 0.1) is 5.92 Å². The van der Waals surface area contributed by atoms with Crippen LogP contribution in [0.15, 0.2) is 18.2 Å². The van der Waals surface area contributed by atoms with Gasteiger partial charge in [-0.3, -0.25) is 0 Å². The van der Waals surface area contributed by atoms with Crippen LogP contribution in [0.5, 0.6) is 0 Å². The monoisotopic (exact) mass is 289 g/mol. The van der Waals surface area contributed by atoms with Crippen molar-refractivity contribution in [3.8, 4) is 0 Å². The lowest BCUT2D eigenvalue weighted by atomic mass is 10.1. The molecule has 0 heterocycles. The SMILES string of the molecule is CC(C)CN(C)c1cccc(Cl)c1CBr. The lowest BCUT2D eigenvalue weighted by Crippen LogP contribution is -2.23. The molecule has 0 saturated carbocycles. The molecule has 0 aliphatic rings. The van der Waals surface area contributed by atoms with Crippen LogP contribution in [0.25, 0.3) is 0 Å². The standard InChI is InChI=1S/C12H17BrClN/c1-9(2)8-15(3)12-6-4-5-11(14)10(12)7-13/h4-6,9H,7-8H2,1-3H3. The Hall–Kier alpha value is -0.210. The summed E-state index contributed by atoms with van der Waals surface area (Å²) in [5.74, 6) is 0.650. The molecule has 0 aromatic heterocycles. The lowest BCUT2D eigenvalue weighted by molar-refractivity contribution is 0.638. The van der Waals surface area contributed by atoms with E-state index in [1.54, 1.807) is 0 Å². The van der Waals surface area contributed by atoms with Crippen LogP contribution in [0.2, 0.25) is 5.02 Å². The van der Waals surface area contributed by atoms with E-state index >= 15 is 0 Å². The van der Waals surface area contributed by atoms with Gasteiger partial charge in [0.25, 0.3) is 0 Å². The van der Waals surface area contributed by atoms with Crippen molar-refractivity contribution in [2.45, 2.75) is 19.2 Å². The van der Waals surface area contributed by atoms with E-state index in [2.05, 4.69) is 47.8 Å². The second-order valence-corrected chi connectivity index (χ2v) is 5.11. The smallest absolute Gasteiger partial charge is 0.0467 e. The van der Waals surface area contributed by atoms with E-state index in [-0.39, 0.29) is 0 Å². The van der Waals surface area contributed by atoms with E-state index in [1.165, 1.54) is 11.3 Å². The van der Waals surface area contributed by atoms with Gasteiger partial charge in [0.05, 0.1) is 0 Å². The molecule has 84 valence electrons. The van der Waals surface area contributed by atoms with Crippen LogP contribution >= 0.6 is 27.5 Å². The highest BCUT2D eigenvalue weighted by Gasteiger charge is 2.10. The van der Waals surface area contributed by atoms with Gasteiger partial charge in [-0.25, -0.2) is 0 Å². The molecule has 3 heteroatoms. The predicted octanol–water partition coefficient (Wildman–Crippen LogP) is 4.33. The third-order valence-electron chi connectivity index (χ3n) is 2.28. The fourth-order valence-electron chi connectivity index (χ4n) is 1.68. The second-order valence-electron chi connectivity index (χ2n) is 4.15. The number of nitrogens with zero attached hydrogens (tertiary/aromatic N) is 1. The quantitative estimate of drug-likeness (QED) is 0.746. The third-order valence-corrected chi connectivity index (χ3v) is 3.19. The summed E-state index contributed by atoms with van der Waals surface area (Å²) in [6.45, 7) is 5.48. The Balaban J connectivity index is 2.97. The van der Waals surface area contributed by atoms with Crippen LogP contribution in [-0.2, 0) is 5.33 Å². The molecule has 0 amide bonds. The second kappa shape index (κ2) is 5.76. The first-order valence-corrected chi connectivity index (χ1v) is 6.60. The van der Waals surface area contributed by atoms with Crippen LogP contribution in [0.3, 0.4) is 0 Å². The molecular weight excluding hydrogens is 273 g/mol. The number of rotatable bonds is 4.